The number of ketones is 5. The molecule has 0 aromatic carbocycles. The standard InChI is InChI=1S/C68H116N6O15/c1-22-24-27-44(13)63(82)51-38-58(79)61(43(11)12)74(21)67(86)49(32-39(3)4)36-57(78)54(34-41(7)8)71(18)66(85)46(15)69-64(83)45(14)35-56(77)53(33-40(5)6)72(19)68(87)50(42(9)10)37-59(80)62(47(16)88-30-25-26-31-89-48(17)75)73(20)60(81)29-28-55(76)52(23-2)70-65(51)84/h22,24,39-47,49-54,61-63,82H,23,25-38H2,1-21H3,(H,69,83)(H,70,84)/b24-22+/t44-,45-,46-,47-,49-,50+,51+,52+,53+,54+,61+,62+,63-/m1/s1. The fourth-order valence-corrected chi connectivity index (χ4v) is 11.9. The molecule has 508 valence electrons. The van der Waals surface area contributed by atoms with Gasteiger partial charge in [-0.15, -0.1) is 0 Å². The van der Waals surface area contributed by atoms with Gasteiger partial charge in [-0.25, -0.2) is 0 Å². The monoisotopic (exact) mass is 1260 g/mol. The second-order valence-corrected chi connectivity index (χ2v) is 27.2. The lowest BCUT2D eigenvalue weighted by Crippen LogP contribution is -2.53. The third kappa shape index (κ3) is 26.2. The van der Waals surface area contributed by atoms with E-state index in [-0.39, 0.29) is 82.3 Å². The minimum absolute atomic E-state index is 0.0719. The Morgan fingerprint density at radius 2 is 1.10 bits per heavy atom. The first-order valence-electron chi connectivity index (χ1n) is 32.7. The van der Waals surface area contributed by atoms with Crippen molar-refractivity contribution >= 4 is 70.3 Å². The molecule has 0 aromatic rings. The van der Waals surface area contributed by atoms with Crippen LogP contribution < -0.4 is 10.6 Å². The number of aliphatic hydroxyl groups is 1. The number of ether oxygens (including phenoxy) is 2. The fraction of sp³-hybridized carbons (Fsp3) is 0.794. The first-order chi connectivity index (χ1) is 41.4. The summed E-state index contributed by atoms with van der Waals surface area (Å²) in [7, 11) is 5.85. The highest BCUT2D eigenvalue weighted by Crippen LogP contribution is 2.30. The number of nitrogens with one attached hydrogen (secondary N) is 2. The van der Waals surface area contributed by atoms with Crippen molar-refractivity contribution < 1.29 is 72.1 Å². The van der Waals surface area contributed by atoms with Crippen LogP contribution in [-0.2, 0) is 67.0 Å². The molecule has 0 aliphatic carbocycles. The number of hydrogen-bond donors (Lipinski definition) is 3. The van der Waals surface area contributed by atoms with Crippen molar-refractivity contribution in [2.24, 2.45) is 59.2 Å². The molecule has 21 heteroatoms. The third-order valence-corrected chi connectivity index (χ3v) is 17.3. The zero-order valence-corrected chi connectivity index (χ0v) is 58.1. The Balaban J connectivity index is 4.22. The van der Waals surface area contributed by atoms with Gasteiger partial charge in [0.1, 0.15) is 12.1 Å². The van der Waals surface area contributed by atoms with Crippen molar-refractivity contribution in [3.05, 3.63) is 12.2 Å². The molecule has 3 N–H and O–H groups in total. The maximum absolute atomic E-state index is 14.9. The summed E-state index contributed by atoms with van der Waals surface area (Å²) in [5, 5.41) is 17.5. The Hall–Kier alpha value is -5.70. The van der Waals surface area contributed by atoms with E-state index in [9.17, 15) is 62.6 Å². The molecule has 1 fully saturated rings. The minimum Gasteiger partial charge on any atom is -0.466 e. The predicted molar refractivity (Wildman–Crippen MR) is 342 cm³/mol. The number of hydrogen-bond acceptors (Lipinski definition) is 15. The topological polar surface area (TPSA) is 281 Å². The molecule has 0 spiro atoms. The summed E-state index contributed by atoms with van der Waals surface area (Å²) in [5.41, 5.74) is 0. The van der Waals surface area contributed by atoms with Gasteiger partial charge in [-0.05, 0) is 101 Å². The average molecular weight is 1260 g/mol. The number of unbranched alkanes of at least 4 members (excludes halogenated alkanes) is 1. The Bertz CT molecular complexity index is 2400. The quantitative estimate of drug-likeness (QED) is 0.0603. The molecule has 13 atom stereocenters. The van der Waals surface area contributed by atoms with Crippen LogP contribution in [0, 0.1) is 59.2 Å². The van der Waals surface area contributed by atoms with Gasteiger partial charge in [0, 0.05) is 98.0 Å². The summed E-state index contributed by atoms with van der Waals surface area (Å²) in [6.07, 6.45) is 0.990. The Morgan fingerprint density at radius 3 is 1.61 bits per heavy atom. The maximum Gasteiger partial charge on any atom is 0.302 e. The van der Waals surface area contributed by atoms with E-state index >= 15 is 0 Å². The summed E-state index contributed by atoms with van der Waals surface area (Å²) >= 11 is 0. The van der Waals surface area contributed by atoms with Gasteiger partial charge in [0.15, 0.2) is 28.9 Å². The van der Waals surface area contributed by atoms with Crippen LogP contribution in [0.15, 0.2) is 12.2 Å². The molecule has 0 unspecified atom stereocenters. The van der Waals surface area contributed by atoms with Crippen molar-refractivity contribution in [3.8, 4) is 0 Å². The summed E-state index contributed by atoms with van der Waals surface area (Å²) in [6, 6.07) is -6.77. The van der Waals surface area contributed by atoms with Crippen molar-refractivity contribution in [1.29, 1.82) is 0 Å². The lowest BCUT2D eigenvalue weighted by Gasteiger charge is -2.36. The number of aliphatic hydroxyl groups excluding tert-OH is 1. The Labute approximate surface area is 533 Å². The van der Waals surface area contributed by atoms with Gasteiger partial charge in [-0.3, -0.25) is 57.5 Å². The molecule has 6 amide bonds. The molecule has 1 aliphatic heterocycles. The number of nitrogens with zero attached hydrogens (tertiary/aromatic N) is 4. The minimum atomic E-state index is -1.40. The van der Waals surface area contributed by atoms with Gasteiger partial charge >= 0.3 is 5.97 Å². The SMILES string of the molecule is C/C=C/C[C@@H](C)[C@@H](O)[C@@H]1CC(=O)[C@H](C(C)C)N(C)C(=O)[C@H](CC(C)C)CC(=O)[C@H](CC(C)C)N(C)C(=O)[C@@H](C)NC(=O)[C@H](C)CC(=O)[C@H](CC(C)C)N(C)C(=O)[C@H](C(C)C)CC(=O)[C@H]([C@@H](C)OCCCCOC(C)=O)N(C)C(=O)CCC(=O)[C@H](CC)NC1=O. The van der Waals surface area contributed by atoms with E-state index in [1.165, 1.54) is 61.6 Å². The van der Waals surface area contributed by atoms with E-state index in [4.69, 9.17) is 9.47 Å². The number of carbonyl (C=O) groups is 12. The van der Waals surface area contributed by atoms with Crippen LogP contribution in [0.4, 0.5) is 0 Å². The van der Waals surface area contributed by atoms with E-state index in [0.717, 1.165) is 0 Å². The highest BCUT2D eigenvalue weighted by Gasteiger charge is 2.43. The highest BCUT2D eigenvalue weighted by molar-refractivity contribution is 5.99. The smallest absolute Gasteiger partial charge is 0.302 e. The summed E-state index contributed by atoms with van der Waals surface area (Å²) in [4.78, 5) is 176. The number of rotatable bonds is 20. The molecular formula is C68H116N6O15. The van der Waals surface area contributed by atoms with Crippen molar-refractivity contribution in [3.63, 3.8) is 0 Å². The number of carbonyl (C=O) groups excluding carboxylic acids is 12. The zero-order valence-electron chi connectivity index (χ0n) is 58.1. The molecule has 0 saturated carbocycles. The van der Waals surface area contributed by atoms with Gasteiger partial charge in [-0.2, -0.15) is 0 Å². The predicted octanol–water partition coefficient (Wildman–Crippen LogP) is 7.54. The second-order valence-electron chi connectivity index (χ2n) is 27.2. The molecule has 1 saturated heterocycles. The molecule has 1 rings (SSSR count). The summed E-state index contributed by atoms with van der Waals surface area (Å²) < 4.78 is 11.2. The van der Waals surface area contributed by atoms with Crippen molar-refractivity contribution in [2.45, 2.75) is 250 Å². The zero-order chi connectivity index (χ0) is 68.5. The van der Waals surface area contributed by atoms with E-state index in [0.29, 0.717) is 19.3 Å². The number of Topliss-reactive ketones (excluding diaryl/α,β-unsaturated/α-hetero) is 5. The number of amides is 6. The van der Waals surface area contributed by atoms with Crippen molar-refractivity contribution in [2.75, 3.05) is 41.4 Å². The third-order valence-electron chi connectivity index (χ3n) is 17.3. The second kappa shape index (κ2) is 39.5. The molecule has 0 radical (unpaired) electrons. The van der Waals surface area contributed by atoms with E-state index < -0.39 is 173 Å². The molecular weight excluding hydrogens is 1140 g/mol. The number of likely N-dealkylation sites (N-methyl/N-ethyl adjacent to an activating group) is 4. The Kier molecular flexibility index (Phi) is 36.1. The van der Waals surface area contributed by atoms with Crippen LogP contribution in [0.2, 0.25) is 0 Å². The summed E-state index contributed by atoms with van der Waals surface area (Å²) in [5.74, 6) is -12.6. The molecule has 21 nitrogen and oxygen atoms in total. The van der Waals surface area contributed by atoms with Crippen LogP contribution in [0.5, 0.6) is 0 Å². The highest BCUT2D eigenvalue weighted by atomic mass is 16.5. The molecule has 0 bridgehead atoms. The molecule has 1 aliphatic rings. The number of allylic oxidation sites excluding steroid dienone is 2. The van der Waals surface area contributed by atoms with E-state index in [2.05, 4.69) is 10.6 Å². The first kappa shape index (κ1) is 81.3. The van der Waals surface area contributed by atoms with Crippen molar-refractivity contribution in [1.82, 2.24) is 30.2 Å². The largest absolute Gasteiger partial charge is 0.466 e. The van der Waals surface area contributed by atoms with E-state index in [1.807, 2.05) is 54.5 Å². The van der Waals surface area contributed by atoms with Crippen LogP contribution in [0.3, 0.4) is 0 Å². The average Bonchev–Trinajstić information content (AvgIpc) is 1.16. The van der Waals surface area contributed by atoms with Crippen LogP contribution in [-0.4, -0.2) is 185 Å². The Morgan fingerprint density at radius 1 is 0.584 bits per heavy atom. The lowest BCUT2D eigenvalue weighted by atomic mass is 9.82. The van der Waals surface area contributed by atoms with Crippen LogP contribution in [0.25, 0.3) is 0 Å². The van der Waals surface area contributed by atoms with Crippen LogP contribution in [0.1, 0.15) is 201 Å². The van der Waals surface area contributed by atoms with Gasteiger partial charge in [-0.1, -0.05) is 102 Å². The molecule has 89 heavy (non-hydrogen) atoms. The van der Waals surface area contributed by atoms with Gasteiger partial charge in [0.05, 0.1) is 48.9 Å². The fourth-order valence-electron chi connectivity index (χ4n) is 11.9. The normalized spacial score (nSPS) is 26.5. The molecule has 1 heterocycles. The van der Waals surface area contributed by atoms with E-state index in [1.54, 1.807) is 61.5 Å². The molecule has 0 aromatic heterocycles. The van der Waals surface area contributed by atoms with Gasteiger partial charge < -0.3 is 44.8 Å². The van der Waals surface area contributed by atoms with Gasteiger partial charge in [0.2, 0.25) is 35.4 Å². The maximum atomic E-state index is 14.9. The first-order valence-corrected chi connectivity index (χ1v) is 32.7. The van der Waals surface area contributed by atoms with Gasteiger partial charge in [0.25, 0.3) is 0 Å². The lowest BCUT2D eigenvalue weighted by molar-refractivity contribution is -0.148. The summed E-state index contributed by atoms with van der Waals surface area (Å²) in [6.45, 7) is 29.8. The van der Waals surface area contributed by atoms with Crippen LogP contribution >= 0.6 is 0 Å². The number of esters is 1.